The molecule has 3 atom stereocenters. The zero-order valence-corrected chi connectivity index (χ0v) is 21.1. The van der Waals surface area contributed by atoms with Crippen molar-refractivity contribution in [1.29, 1.82) is 0 Å². The van der Waals surface area contributed by atoms with Gasteiger partial charge in [0, 0.05) is 24.1 Å². The smallest absolute Gasteiger partial charge is 0.444 e. The lowest BCUT2D eigenvalue weighted by Crippen LogP contribution is -2.30. The van der Waals surface area contributed by atoms with Crippen molar-refractivity contribution in [3.05, 3.63) is 46.1 Å². The first-order valence-corrected chi connectivity index (χ1v) is 11.5. The third-order valence-electron chi connectivity index (χ3n) is 5.34. The Morgan fingerprint density at radius 3 is 2.33 bits per heavy atom. The molecule has 11 nitrogen and oxygen atoms in total. The lowest BCUT2D eigenvalue weighted by atomic mass is 10.0. The van der Waals surface area contributed by atoms with Gasteiger partial charge in [0.05, 0.1) is 16.2 Å². The molecule has 0 spiro atoms. The predicted octanol–water partition coefficient (Wildman–Crippen LogP) is 5.69. The molecule has 1 N–H and O–H groups in total. The molecular weight excluding hydrogens is 475 g/mol. The fourth-order valence-electron chi connectivity index (χ4n) is 3.80. The van der Waals surface area contributed by atoms with Crippen LogP contribution in [0, 0.1) is 10.1 Å². The summed E-state index contributed by atoms with van der Waals surface area (Å²) in [5.74, 6) is 0.0846. The van der Waals surface area contributed by atoms with Crippen LogP contribution in [0.15, 0.2) is 30.3 Å². The van der Waals surface area contributed by atoms with Crippen LogP contribution in [-0.4, -0.2) is 44.8 Å². The number of carbonyl (C=O) groups excluding carboxylic acids is 2. The lowest BCUT2D eigenvalue weighted by Gasteiger charge is -2.24. The van der Waals surface area contributed by atoms with Crippen molar-refractivity contribution in [2.45, 2.75) is 83.7 Å². The molecule has 0 bridgehead atoms. The summed E-state index contributed by atoms with van der Waals surface area (Å²) in [5.41, 5.74) is -0.775. The van der Waals surface area contributed by atoms with Crippen LogP contribution in [0.2, 0.25) is 0 Å². The van der Waals surface area contributed by atoms with Crippen molar-refractivity contribution < 1.29 is 33.1 Å². The molecule has 0 radical (unpaired) electrons. The minimum atomic E-state index is -1.44. The third kappa shape index (κ3) is 6.92. The Morgan fingerprint density at radius 1 is 1.14 bits per heavy atom. The normalized spacial score (nSPS) is 20.0. The fourth-order valence-corrected chi connectivity index (χ4v) is 3.80. The number of carbonyl (C=O) groups is 2. The molecule has 0 saturated heterocycles. The second-order valence-corrected chi connectivity index (χ2v) is 10.6. The Hall–Kier alpha value is -3.70. The highest BCUT2D eigenvalue weighted by molar-refractivity contribution is 5.84. The highest BCUT2D eigenvalue weighted by atomic mass is 19.1. The first-order valence-electron chi connectivity index (χ1n) is 11.5. The van der Waals surface area contributed by atoms with Crippen LogP contribution in [0.4, 0.5) is 25.5 Å². The Labute approximate surface area is 208 Å². The Morgan fingerprint density at radius 2 is 1.78 bits per heavy atom. The number of nitro groups is 1. The summed E-state index contributed by atoms with van der Waals surface area (Å²) in [5, 5.41) is 18.0. The molecule has 1 heterocycles. The molecule has 1 fully saturated rings. The van der Waals surface area contributed by atoms with E-state index in [2.05, 4.69) is 10.4 Å². The zero-order valence-electron chi connectivity index (χ0n) is 21.1. The average Bonchev–Trinajstić information content (AvgIpc) is 3.30. The van der Waals surface area contributed by atoms with E-state index in [-0.39, 0.29) is 30.2 Å². The lowest BCUT2D eigenvalue weighted by molar-refractivity contribution is -0.384. The van der Waals surface area contributed by atoms with Gasteiger partial charge in [-0.25, -0.2) is 18.7 Å². The zero-order chi connectivity index (χ0) is 26.8. The van der Waals surface area contributed by atoms with Crippen molar-refractivity contribution in [3.63, 3.8) is 0 Å². The van der Waals surface area contributed by atoms with Crippen molar-refractivity contribution in [1.82, 2.24) is 9.78 Å². The number of amides is 1. The molecule has 196 valence electrons. The second-order valence-electron chi connectivity index (χ2n) is 10.6. The number of halogens is 1. The average molecular weight is 507 g/mol. The van der Waals surface area contributed by atoms with Crippen LogP contribution < -0.4 is 10.1 Å². The van der Waals surface area contributed by atoms with Gasteiger partial charge in [0.2, 0.25) is 0 Å². The van der Waals surface area contributed by atoms with Crippen LogP contribution in [0.1, 0.15) is 66.0 Å². The fraction of sp³-hybridized carbons (Fsp3) is 0.542. The van der Waals surface area contributed by atoms with Gasteiger partial charge in [-0.1, -0.05) is 0 Å². The highest BCUT2D eigenvalue weighted by Gasteiger charge is 2.40. The molecule has 12 heteroatoms. The molecule has 1 saturated carbocycles. The SMILES string of the molecule is CC(C)(C)OC(=O)Nc1cc([C@H]2C[C@@H](F)[C@@H](OC(=O)Oc3ccc([N+](=O)[O-])cc3)C2)nn1C(C)(C)C. The molecule has 1 aliphatic carbocycles. The van der Waals surface area contributed by atoms with Gasteiger partial charge in [-0.3, -0.25) is 15.4 Å². The van der Waals surface area contributed by atoms with E-state index in [0.717, 1.165) is 0 Å². The van der Waals surface area contributed by atoms with E-state index < -0.39 is 40.6 Å². The molecule has 1 aliphatic rings. The van der Waals surface area contributed by atoms with Crippen molar-refractivity contribution in [2.75, 3.05) is 5.32 Å². The number of non-ortho nitro benzene ring substituents is 1. The van der Waals surface area contributed by atoms with Crippen molar-refractivity contribution in [3.8, 4) is 5.75 Å². The summed E-state index contributed by atoms with van der Waals surface area (Å²) in [6, 6.07) is 6.54. The topological polar surface area (TPSA) is 135 Å². The maximum atomic E-state index is 14.8. The van der Waals surface area contributed by atoms with Crippen LogP contribution in [0.5, 0.6) is 5.75 Å². The number of hydrogen-bond acceptors (Lipinski definition) is 8. The monoisotopic (exact) mass is 506 g/mol. The van der Waals surface area contributed by atoms with Crippen LogP contribution in [0.25, 0.3) is 0 Å². The van der Waals surface area contributed by atoms with Gasteiger partial charge in [0.25, 0.3) is 5.69 Å². The number of alkyl halides is 1. The highest BCUT2D eigenvalue weighted by Crippen LogP contribution is 2.39. The van der Waals surface area contributed by atoms with Gasteiger partial charge < -0.3 is 14.2 Å². The largest absolute Gasteiger partial charge is 0.514 e. The summed E-state index contributed by atoms with van der Waals surface area (Å²) in [6.07, 6.45) is -4.00. The van der Waals surface area contributed by atoms with Gasteiger partial charge >= 0.3 is 12.2 Å². The molecule has 0 aliphatic heterocycles. The van der Waals surface area contributed by atoms with E-state index in [1.54, 1.807) is 31.5 Å². The number of nitro benzene ring substituents is 1. The van der Waals surface area contributed by atoms with E-state index in [0.29, 0.717) is 11.5 Å². The Bertz CT molecular complexity index is 1120. The first-order chi connectivity index (χ1) is 16.6. The van der Waals surface area contributed by atoms with Gasteiger partial charge in [-0.05, 0) is 66.5 Å². The Balaban J connectivity index is 1.68. The van der Waals surface area contributed by atoms with Crippen LogP contribution >= 0.6 is 0 Å². The number of nitrogens with zero attached hydrogens (tertiary/aromatic N) is 3. The summed E-state index contributed by atoms with van der Waals surface area (Å²) >= 11 is 0. The van der Waals surface area contributed by atoms with E-state index in [1.807, 2.05) is 20.8 Å². The van der Waals surface area contributed by atoms with Gasteiger partial charge in [0.15, 0.2) is 0 Å². The molecule has 3 rings (SSSR count). The number of benzene rings is 1. The number of hydrogen-bond donors (Lipinski definition) is 1. The maximum absolute atomic E-state index is 14.8. The van der Waals surface area contributed by atoms with E-state index >= 15 is 0 Å². The number of nitrogens with one attached hydrogen (secondary N) is 1. The van der Waals surface area contributed by atoms with Crippen molar-refractivity contribution in [2.24, 2.45) is 0 Å². The first kappa shape index (κ1) is 26.9. The summed E-state index contributed by atoms with van der Waals surface area (Å²) in [7, 11) is 0. The van der Waals surface area contributed by atoms with Gasteiger partial charge in [-0.2, -0.15) is 5.10 Å². The minimum Gasteiger partial charge on any atom is -0.444 e. The molecule has 1 aromatic carbocycles. The van der Waals surface area contributed by atoms with E-state index in [1.165, 1.54) is 24.3 Å². The number of ether oxygens (including phenoxy) is 3. The maximum Gasteiger partial charge on any atom is 0.514 e. The Kier molecular flexibility index (Phi) is 7.56. The van der Waals surface area contributed by atoms with E-state index in [4.69, 9.17) is 14.2 Å². The molecular formula is C24H31FN4O7. The number of rotatable bonds is 5. The van der Waals surface area contributed by atoms with Gasteiger partial charge in [-0.15, -0.1) is 0 Å². The van der Waals surface area contributed by atoms with Gasteiger partial charge in [0.1, 0.15) is 29.4 Å². The molecule has 36 heavy (non-hydrogen) atoms. The van der Waals surface area contributed by atoms with E-state index in [9.17, 15) is 24.1 Å². The number of aromatic nitrogens is 2. The standard InChI is InChI=1S/C24H31FN4O7/c1-23(2,3)28-20(26-21(30)36-24(4,5)6)13-18(27-28)14-11-17(25)19(12-14)35-22(31)34-16-9-7-15(8-10-16)29(32)33/h7-10,13-14,17,19H,11-12H2,1-6H3,(H,26,30)/t14-,17+,19-/m0/s1. The summed E-state index contributed by atoms with van der Waals surface area (Å²) in [6.45, 7) is 11.0. The van der Waals surface area contributed by atoms with Crippen LogP contribution in [-0.2, 0) is 15.0 Å². The quantitative estimate of drug-likeness (QED) is 0.236. The molecule has 1 aromatic heterocycles. The molecule has 1 amide bonds. The second kappa shape index (κ2) is 10.1. The van der Waals surface area contributed by atoms with Crippen LogP contribution in [0.3, 0.4) is 0 Å². The summed E-state index contributed by atoms with van der Waals surface area (Å²) in [4.78, 5) is 34.7. The minimum absolute atomic E-state index is 0.0392. The molecule has 0 unspecified atom stereocenters. The number of anilines is 1. The summed E-state index contributed by atoms with van der Waals surface area (Å²) < 4.78 is 31.9. The van der Waals surface area contributed by atoms with Crippen molar-refractivity contribution >= 4 is 23.8 Å². The molecule has 2 aromatic rings. The third-order valence-corrected chi connectivity index (χ3v) is 5.34. The predicted molar refractivity (Wildman–Crippen MR) is 128 cm³/mol.